The second-order valence-electron chi connectivity index (χ2n) is 5.42. The summed E-state index contributed by atoms with van der Waals surface area (Å²) >= 11 is 1.93. The van der Waals surface area contributed by atoms with Gasteiger partial charge in [0, 0.05) is 24.9 Å². The van der Waals surface area contributed by atoms with E-state index in [4.69, 9.17) is 5.11 Å². The smallest absolute Gasteiger partial charge is 0.0438 e. The molecule has 0 spiro atoms. The molecule has 106 valence electrons. The summed E-state index contributed by atoms with van der Waals surface area (Å²) in [5, 5.41) is 12.3. The molecule has 0 amide bonds. The highest BCUT2D eigenvalue weighted by Gasteiger charge is 2.29. The zero-order valence-corrected chi connectivity index (χ0v) is 12.6. The molecular weight excluding hydrogens is 254 g/mol. The van der Waals surface area contributed by atoms with Gasteiger partial charge in [0.05, 0.1) is 0 Å². The topological polar surface area (TPSA) is 32.3 Å². The van der Waals surface area contributed by atoms with Crippen LogP contribution in [0.4, 0.5) is 0 Å². The Bertz CT molecular complexity index is 377. The van der Waals surface area contributed by atoms with Gasteiger partial charge in [-0.15, -0.1) is 0 Å². The van der Waals surface area contributed by atoms with E-state index in [-0.39, 0.29) is 0 Å². The Morgan fingerprint density at radius 3 is 2.89 bits per heavy atom. The third-order valence-corrected chi connectivity index (χ3v) is 4.85. The quantitative estimate of drug-likeness (QED) is 0.718. The molecule has 2 N–H and O–H groups in total. The number of hydrogen-bond acceptors (Lipinski definition) is 3. The van der Waals surface area contributed by atoms with Gasteiger partial charge in [-0.25, -0.2) is 0 Å². The Balaban J connectivity index is 1.56. The van der Waals surface area contributed by atoms with Gasteiger partial charge in [-0.3, -0.25) is 0 Å². The standard InChI is InChI=1S/C16H25NOS/c1-13-4-2-5-14(10-13)15-11-16(12-15)17-6-9-19-8-3-7-18/h2,4-5,10,15-18H,3,6-9,11-12H2,1H3. The fourth-order valence-electron chi connectivity index (χ4n) is 2.58. The van der Waals surface area contributed by atoms with E-state index < -0.39 is 0 Å². The molecule has 1 fully saturated rings. The van der Waals surface area contributed by atoms with Crippen LogP contribution in [0, 0.1) is 6.92 Å². The van der Waals surface area contributed by atoms with Crippen molar-refractivity contribution in [2.75, 3.05) is 24.7 Å². The number of aliphatic hydroxyl groups excluding tert-OH is 1. The van der Waals surface area contributed by atoms with Crippen LogP contribution < -0.4 is 5.32 Å². The van der Waals surface area contributed by atoms with Gasteiger partial charge in [0.15, 0.2) is 0 Å². The molecule has 0 radical (unpaired) electrons. The summed E-state index contributed by atoms with van der Waals surface area (Å²) in [5.41, 5.74) is 2.88. The molecule has 1 saturated carbocycles. The van der Waals surface area contributed by atoms with Crippen molar-refractivity contribution in [1.29, 1.82) is 0 Å². The Hall–Kier alpha value is -0.510. The highest BCUT2D eigenvalue weighted by Crippen LogP contribution is 2.36. The van der Waals surface area contributed by atoms with E-state index in [0.29, 0.717) is 12.6 Å². The summed E-state index contributed by atoms with van der Waals surface area (Å²) in [5.74, 6) is 3.00. The minimum absolute atomic E-state index is 0.321. The summed E-state index contributed by atoms with van der Waals surface area (Å²) in [6, 6.07) is 9.64. The van der Waals surface area contributed by atoms with E-state index in [1.54, 1.807) is 0 Å². The molecular formula is C16H25NOS. The van der Waals surface area contributed by atoms with Crippen molar-refractivity contribution >= 4 is 11.8 Å². The lowest BCUT2D eigenvalue weighted by atomic mass is 9.75. The summed E-state index contributed by atoms with van der Waals surface area (Å²) in [4.78, 5) is 0. The Morgan fingerprint density at radius 1 is 1.32 bits per heavy atom. The Labute approximate surface area is 121 Å². The minimum Gasteiger partial charge on any atom is -0.396 e. The molecule has 2 rings (SSSR count). The van der Waals surface area contributed by atoms with Crippen molar-refractivity contribution < 1.29 is 5.11 Å². The van der Waals surface area contributed by atoms with Crippen LogP contribution >= 0.6 is 11.8 Å². The molecule has 0 heterocycles. The van der Waals surface area contributed by atoms with Crippen molar-refractivity contribution in [3.8, 4) is 0 Å². The van der Waals surface area contributed by atoms with Crippen molar-refractivity contribution in [2.45, 2.75) is 38.1 Å². The van der Waals surface area contributed by atoms with Crippen LogP contribution in [0.1, 0.15) is 36.3 Å². The average molecular weight is 279 g/mol. The lowest BCUT2D eigenvalue weighted by Crippen LogP contribution is -2.41. The maximum absolute atomic E-state index is 8.69. The zero-order valence-electron chi connectivity index (χ0n) is 11.8. The number of aliphatic hydroxyl groups is 1. The van der Waals surface area contributed by atoms with Crippen LogP contribution in [0.2, 0.25) is 0 Å². The van der Waals surface area contributed by atoms with Gasteiger partial charge in [-0.1, -0.05) is 29.8 Å². The molecule has 0 atom stereocenters. The third kappa shape index (κ3) is 4.83. The maximum Gasteiger partial charge on any atom is 0.0438 e. The van der Waals surface area contributed by atoms with Gasteiger partial charge < -0.3 is 10.4 Å². The van der Waals surface area contributed by atoms with Gasteiger partial charge in [0.25, 0.3) is 0 Å². The number of nitrogens with one attached hydrogen (secondary N) is 1. The lowest BCUT2D eigenvalue weighted by molar-refractivity contribution is 0.295. The van der Waals surface area contributed by atoms with Crippen LogP contribution in [0.25, 0.3) is 0 Å². The molecule has 1 aromatic carbocycles. The largest absolute Gasteiger partial charge is 0.396 e. The third-order valence-electron chi connectivity index (χ3n) is 3.78. The molecule has 0 bridgehead atoms. The minimum atomic E-state index is 0.321. The first kappa shape index (κ1) is 14.9. The second kappa shape index (κ2) is 7.93. The number of benzene rings is 1. The SMILES string of the molecule is Cc1cccc(C2CC(NCCSCCCO)C2)c1. The zero-order chi connectivity index (χ0) is 13.5. The number of thioether (sulfide) groups is 1. The summed E-state index contributed by atoms with van der Waals surface area (Å²) in [6.07, 6.45) is 3.49. The lowest BCUT2D eigenvalue weighted by Gasteiger charge is -2.36. The van der Waals surface area contributed by atoms with Crippen molar-refractivity contribution in [3.05, 3.63) is 35.4 Å². The molecule has 1 aliphatic carbocycles. The van der Waals surface area contributed by atoms with Crippen LogP contribution in [0.3, 0.4) is 0 Å². The normalized spacial score (nSPS) is 22.2. The van der Waals surface area contributed by atoms with Gasteiger partial charge in [0.2, 0.25) is 0 Å². The monoisotopic (exact) mass is 279 g/mol. The molecule has 3 heteroatoms. The molecule has 2 nitrogen and oxygen atoms in total. The van der Waals surface area contributed by atoms with Crippen molar-refractivity contribution in [3.63, 3.8) is 0 Å². The first-order valence-corrected chi connectivity index (χ1v) is 8.43. The fraction of sp³-hybridized carbons (Fsp3) is 0.625. The molecule has 1 aromatic rings. The van der Waals surface area contributed by atoms with E-state index in [0.717, 1.165) is 30.4 Å². The molecule has 0 aromatic heterocycles. The highest BCUT2D eigenvalue weighted by atomic mass is 32.2. The predicted molar refractivity (Wildman–Crippen MR) is 84.0 cm³/mol. The van der Waals surface area contributed by atoms with Gasteiger partial charge in [0.1, 0.15) is 0 Å². The molecule has 1 aliphatic rings. The van der Waals surface area contributed by atoms with Crippen LogP contribution in [-0.4, -0.2) is 35.8 Å². The van der Waals surface area contributed by atoms with Crippen LogP contribution in [0.15, 0.2) is 24.3 Å². The summed E-state index contributed by atoms with van der Waals surface area (Å²) in [6.45, 7) is 3.59. The van der Waals surface area contributed by atoms with Gasteiger partial charge in [-0.05, 0) is 43.4 Å². The summed E-state index contributed by atoms with van der Waals surface area (Å²) in [7, 11) is 0. The first-order chi connectivity index (χ1) is 9.29. The van der Waals surface area contributed by atoms with E-state index >= 15 is 0 Å². The molecule has 0 saturated heterocycles. The molecule has 0 unspecified atom stereocenters. The van der Waals surface area contributed by atoms with Crippen LogP contribution in [-0.2, 0) is 0 Å². The number of rotatable bonds is 8. The Kier molecular flexibility index (Phi) is 6.21. The summed E-state index contributed by atoms with van der Waals surface area (Å²) < 4.78 is 0. The number of aryl methyl sites for hydroxylation is 1. The molecule has 19 heavy (non-hydrogen) atoms. The van der Waals surface area contributed by atoms with E-state index in [2.05, 4.69) is 36.5 Å². The van der Waals surface area contributed by atoms with Gasteiger partial charge >= 0.3 is 0 Å². The van der Waals surface area contributed by atoms with E-state index in [9.17, 15) is 0 Å². The molecule has 0 aliphatic heterocycles. The maximum atomic E-state index is 8.69. The van der Waals surface area contributed by atoms with Gasteiger partial charge in [-0.2, -0.15) is 11.8 Å². The van der Waals surface area contributed by atoms with E-state index in [1.807, 2.05) is 11.8 Å². The second-order valence-corrected chi connectivity index (χ2v) is 6.65. The fourth-order valence-corrected chi connectivity index (χ4v) is 3.38. The Morgan fingerprint density at radius 2 is 2.16 bits per heavy atom. The van der Waals surface area contributed by atoms with Crippen molar-refractivity contribution in [1.82, 2.24) is 5.32 Å². The highest BCUT2D eigenvalue weighted by molar-refractivity contribution is 7.99. The van der Waals surface area contributed by atoms with E-state index in [1.165, 1.54) is 24.0 Å². The average Bonchev–Trinajstić information content (AvgIpc) is 2.35. The van der Waals surface area contributed by atoms with Crippen molar-refractivity contribution in [2.24, 2.45) is 0 Å². The first-order valence-electron chi connectivity index (χ1n) is 7.28. The number of hydrogen-bond donors (Lipinski definition) is 2. The predicted octanol–water partition coefficient (Wildman–Crippen LogP) is 2.95. The van der Waals surface area contributed by atoms with Crippen LogP contribution in [0.5, 0.6) is 0 Å².